The molecular weight excluding hydrogens is 358 g/mol. The van der Waals surface area contributed by atoms with E-state index in [1.807, 2.05) is 24.3 Å². The number of aromatic nitrogens is 1. The van der Waals surface area contributed by atoms with Crippen molar-refractivity contribution in [3.8, 4) is 16.9 Å². The van der Waals surface area contributed by atoms with Crippen LogP contribution in [0.2, 0.25) is 0 Å². The van der Waals surface area contributed by atoms with Gasteiger partial charge in [-0.2, -0.15) is 0 Å². The number of rotatable bonds is 2. The van der Waals surface area contributed by atoms with Gasteiger partial charge in [-0.3, -0.25) is 0 Å². The Morgan fingerprint density at radius 3 is 2.41 bits per heavy atom. The van der Waals surface area contributed by atoms with Crippen LogP contribution >= 0.6 is 0 Å². The smallest absolute Gasteiger partial charge is 0.145 e. The zero-order valence-electron chi connectivity index (χ0n) is 16.3. The second-order valence-corrected chi connectivity index (χ2v) is 7.43. The maximum Gasteiger partial charge on any atom is 0.145 e. The van der Waals surface area contributed by atoms with Gasteiger partial charge >= 0.3 is 0 Å². The summed E-state index contributed by atoms with van der Waals surface area (Å²) in [5.74, 6) is 0.836. The number of hydrogen-bond donors (Lipinski definition) is 0. The first-order valence-electron chi connectivity index (χ1n) is 9.72. The fourth-order valence-electron chi connectivity index (χ4n) is 4.56. The van der Waals surface area contributed by atoms with Crippen LogP contribution in [0.4, 0.5) is 0 Å². The van der Waals surface area contributed by atoms with Crippen molar-refractivity contribution in [1.82, 2.24) is 4.57 Å². The predicted molar refractivity (Wildman–Crippen MR) is 120 cm³/mol. The Bertz CT molecular complexity index is 1550. The Labute approximate surface area is 167 Å². The third kappa shape index (κ3) is 2.18. The number of ether oxygens (including phenoxy) is 1. The van der Waals surface area contributed by atoms with E-state index in [4.69, 9.17) is 9.15 Å². The van der Waals surface area contributed by atoms with Crippen molar-refractivity contribution < 1.29 is 9.15 Å². The summed E-state index contributed by atoms with van der Waals surface area (Å²) in [4.78, 5) is 0. The molecule has 29 heavy (non-hydrogen) atoms. The first-order chi connectivity index (χ1) is 14.3. The molecule has 0 aliphatic carbocycles. The summed E-state index contributed by atoms with van der Waals surface area (Å²) in [6, 6.07) is 27.3. The fourth-order valence-corrected chi connectivity index (χ4v) is 4.56. The summed E-state index contributed by atoms with van der Waals surface area (Å²) in [7, 11) is 3.83. The van der Waals surface area contributed by atoms with Crippen molar-refractivity contribution >= 4 is 43.7 Å². The molecule has 6 aromatic rings. The molecule has 0 spiro atoms. The standard InChI is InChI=1S/C26H19NO2/c1-27-22-12-5-3-10-18(22)20-15-21-19-11-4-6-13-23(19)29-26(21)24(25(20)27)16-8-7-9-17(14-16)28-2/h3-15H,1-2H3. The van der Waals surface area contributed by atoms with Crippen molar-refractivity contribution in [2.75, 3.05) is 7.11 Å². The van der Waals surface area contributed by atoms with Crippen molar-refractivity contribution in [2.24, 2.45) is 7.05 Å². The summed E-state index contributed by atoms with van der Waals surface area (Å²) in [5.41, 5.74) is 6.40. The molecule has 140 valence electrons. The number of nitrogens with zero attached hydrogens (tertiary/aromatic N) is 1. The van der Waals surface area contributed by atoms with E-state index in [1.54, 1.807) is 7.11 Å². The van der Waals surface area contributed by atoms with E-state index in [0.29, 0.717) is 0 Å². The third-order valence-corrected chi connectivity index (χ3v) is 5.89. The summed E-state index contributed by atoms with van der Waals surface area (Å²) in [6.45, 7) is 0. The minimum atomic E-state index is 0.836. The number of furan rings is 1. The monoisotopic (exact) mass is 377 g/mol. The molecule has 4 aromatic carbocycles. The second kappa shape index (κ2) is 5.89. The molecule has 0 N–H and O–H groups in total. The average Bonchev–Trinajstić information content (AvgIpc) is 3.28. The molecule has 0 saturated heterocycles. The third-order valence-electron chi connectivity index (χ3n) is 5.89. The Hall–Kier alpha value is -3.72. The van der Waals surface area contributed by atoms with Gasteiger partial charge in [-0.25, -0.2) is 0 Å². The number of benzene rings is 4. The van der Waals surface area contributed by atoms with E-state index in [9.17, 15) is 0 Å². The summed E-state index contributed by atoms with van der Waals surface area (Å²) >= 11 is 0. The van der Waals surface area contributed by atoms with Gasteiger partial charge in [0.1, 0.15) is 16.9 Å². The van der Waals surface area contributed by atoms with Gasteiger partial charge in [-0.1, -0.05) is 48.5 Å². The van der Waals surface area contributed by atoms with Gasteiger partial charge in [-0.15, -0.1) is 0 Å². The first-order valence-corrected chi connectivity index (χ1v) is 9.72. The normalized spacial score (nSPS) is 11.8. The lowest BCUT2D eigenvalue weighted by Gasteiger charge is -2.10. The van der Waals surface area contributed by atoms with Crippen LogP contribution in [0.25, 0.3) is 54.9 Å². The van der Waals surface area contributed by atoms with Gasteiger partial charge in [0.25, 0.3) is 0 Å². The lowest BCUT2D eigenvalue weighted by atomic mass is 9.98. The van der Waals surface area contributed by atoms with E-state index in [-0.39, 0.29) is 0 Å². The van der Waals surface area contributed by atoms with E-state index in [1.165, 1.54) is 21.8 Å². The Kier molecular flexibility index (Phi) is 3.30. The molecule has 0 amide bonds. The van der Waals surface area contributed by atoms with Gasteiger partial charge < -0.3 is 13.7 Å². The van der Waals surface area contributed by atoms with Gasteiger partial charge in [0.05, 0.1) is 12.6 Å². The summed E-state index contributed by atoms with van der Waals surface area (Å²) in [5, 5.41) is 4.77. The molecule has 3 heteroatoms. The Morgan fingerprint density at radius 2 is 1.55 bits per heavy atom. The number of aryl methyl sites for hydroxylation is 1. The Balaban J connectivity index is 1.90. The zero-order chi connectivity index (χ0) is 19.5. The van der Waals surface area contributed by atoms with Crippen molar-refractivity contribution in [2.45, 2.75) is 0 Å². The van der Waals surface area contributed by atoms with Crippen LogP contribution < -0.4 is 4.74 Å². The summed E-state index contributed by atoms with van der Waals surface area (Å²) in [6.07, 6.45) is 0. The number of hydrogen-bond acceptors (Lipinski definition) is 2. The number of para-hydroxylation sites is 2. The van der Waals surface area contributed by atoms with Crippen molar-refractivity contribution in [3.05, 3.63) is 78.9 Å². The first kappa shape index (κ1) is 16.3. The average molecular weight is 377 g/mol. The molecule has 0 aliphatic rings. The molecule has 0 unspecified atom stereocenters. The highest BCUT2D eigenvalue weighted by Crippen LogP contribution is 2.44. The van der Waals surface area contributed by atoms with Crippen LogP contribution in [0, 0.1) is 0 Å². The van der Waals surface area contributed by atoms with Crippen LogP contribution in [0.3, 0.4) is 0 Å². The highest BCUT2D eigenvalue weighted by molar-refractivity contribution is 6.23. The van der Waals surface area contributed by atoms with E-state index < -0.39 is 0 Å². The molecule has 0 aliphatic heterocycles. The lowest BCUT2D eigenvalue weighted by molar-refractivity contribution is 0.415. The highest BCUT2D eigenvalue weighted by Gasteiger charge is 2.21. The van der Waals surface area contributed by atoms with E-state index >= 15 is 0 Å². The Morgan fingerprint density at radius 1 is 0.759 bits per heavy atom. The molecule has 2 aromatic heterocycles. The molecule has 0 fully saturated rings. The van der Waals surface area contributed by atoms with E-state index in [0.717, 1.165) is 38.8 Å². The minimum absolute atomic E-state index is 0.836. The molecular formula is C26H19NO2. The fraction of sp³-hybridized carbons (Fsp3) is 0.0769. The van der Waals surface area contributed by atoms with Gasteiger partial charge in [0, 0.05) is 39.7 Å². The number of fused-ring (bicyclic) bond motifs is 6. The predicted octanol–water partition coefficient (Wildman–Crippen LogP) is 6.91. The van der Waals surface area contributed by atoms with Gasteiger partial charge in [0.15, 0.2) is 0 Å². The van der Waals surface area contributed by atoms with E-state index in [2.05, 4.69) is 66.2 Å². The zero-order valence-corrected chi connectivity index (χ0v) is 16.3. The van der Waals surface area contributed by atoms with Crippen LogP contribution in [0.5, 0.6) is 5.75 Å². The molecule has 0 bridgehead atoms. The maximum atomic E-state index is 6.42. The van der Waals surface area contributed by atoms with Gasteiger partial charge in [0.2, 0.25) is 0 Å². The molecule has 0 radical (unpaired) electrons. The summed E-state index contributed by atoms with van der Waals surface area (Å²) < 4.78 is 14.2. The molecule has 0 atom stereocenters. The van der Waals surface area contributed by atoms with Crippen LogP contribution in [-0.2, 0) is 7.05 Å². The maximum absolute atomic E-state index is 6.42. The van der Waals surface area contributed by atoms with Crippen LogP contribution in [0.15, 0.2) is 83.3 Å². The highest BCUT2D eigenvalue weighted by atomic mass is 16.5. The molecule has 3 nitrogen and oxygen atoms in total. The largest absolute Gasteiger partial charge is 0.497 e. The lowest BCUT2D eigenvalue weighted by Crippen LogP contribution is -1.91. The van der Waals surface area contributed by atoms with Gasteiger partial charge in [-0.05, 0) is 35.9 Å². The second-order valence-electron chi connectivity index (χ2n) is 7.43. The van der Waals surface area contributed by atoms with Crippen molar-refractivity contribution in [3.63, 3.8) is 0 Å². The molecule has 6 rings (SSSR count). The minimum Gasteiger partial charge on any atom is -0.497 e. The van der Waals surface area contributed by atoms with Crippen molar-refractivity contribution in [1.29, 1.82) is 0 Å². The SMILES string of the molecule is COc1cccc(-c2c3oc4ccccc4c3cc3c4ccccc4n(C)c23)c1. The topological polar surface area (TPSA) is 27.3 Å². The quantitative estimate of drug-likeness (QED) is 0.328. The van der Waals surface area contributed by atoms with Crippen LogP contribution in [-0.4, -0.2) is 11.7 Å². The molecule has 0 saturated carbocycles. The van der Waals surface area contributed by atoms with Crippen LogP contribution in [0.1, 0.15) is 0 Å². The molecule has 2 heterocycles. The number of methoxy groups -OCH3 is 1.